The second-order valence-corrected chi connectivity index (χ2v) is 7.34. The average molecular weight is 212 g/mol. The first-order valence-corrected chi connectivity index (χ1v) is 7.61. The molecule has 1 rings (SSSR count). The van der Waals surface area contributed by atoms with Crippen LogP contribution in [0.4, 0.5) is 0 Å². The van der Waals surface area contributed by atoms with Crippen molar-refractivity contribution < 1.29 is 8.54 Å². The van der Waals surface area contributed by atoms with Crippen molar-refractivity contribution >= 4 is 24.2 Å². The summed E-state index contributed by atoms with van der Waals surface area (Å²) >= 11 is 0. The van der Waals surface area contributed by atoms with Gasteiger partial charge < -0.3 is 8.54 Å². The summed E-state index contributed by atoms with van der Waals surface area (Å²) < 4.78 is 11.3. The van der Waals surface area contributed by atoms with E-state index in [1.54, 1.807) is 0 Å². The lowest BCUT2D eigenvalue weighted by atomic mass is 10.4. The zero-order valence-electron chi connectivity index (χ0n) is 8.41. The molecule has 0 aliphatic carbocycles. The van der Waals surface area contributed by atoms with Gasteiger partial charge in [-0.25, -0.2) is 0 Å². The minimum atomic E-state index is -2.04. The van der Waals surface area contributed by atoms with E-state index < -0.39 is 8.56 Å². The zero-order chi connectivity index (χ0) is 9.73. The highest BCUT2D eigenvalue weighted by atomic mass is 28.4. The molecule has 13 heavy (non-hydrogen) atoms. The number of rotatable bonds is 4. The molecule has 0 saturated carbocycles. The van der Waals surface area contributed by atoms with Crippen LogP contribution in [0.1, 0.15) is 6.92 Å². The average Bonchev–Trinajstić information content (AvgIpc) is 2.19. The van der Waals surface area contributed by atoms with Gasteiger partial charge in [-0.3, -0.25) is 0 Å². The Balaban J connectivity index is 2.89. The molecule has 0 N–H and O–H groups in total. The lowest BCUT2D eigenvalue weighted by Gasteiger charge is -2.25. The molecule has 0 radical (unpaired) electrons. The van der Waals surface area contributed by atoms with Gasteiger partial charge in [-0.15, -0.1) is 0 Å². The van der Waals surface area contributed by atoms with E-state index in [4.69, 9.17) is 8.54 Å². The van der Waals surface area contributed by atoms with Gasteiger partial charge in [0.1, 0.15) is 10.5 Å². The van der Waals surface area contributed by atoms with Gasteiger partial charge in [0, 0.05) is 6.61 Å². The molecule has 0 fully saturated rings. The van der Waals surface area contributed by atoms with Crippen LogP contribution in [0.5, 0.6) is 0 Å². The van der Waals surface area contributed by atoms with Crippen LogP contribution in [0.15, 0.2) is 30.3 Å². The minimum absolute atomic E-state index is 0.722. The third-order valence-corrected chi connectivity index (χ3v) is 7.45. The third-order valence-electron chi connectivity index (χ3n) is 2.11. The predicted octanol–water partition coefficient (Wildman–Crippen LogP) is 0.299. The zero-order valence-corrected chi connectivity index (χ0v) is 11.4. The Hall–Kier alpha value is -0.426. The van der Waals surface area contributed by atoms with Crippen molar-refractivity contribution in [1.82, 2.24) is 0 Å². The molecule has 1 unspecified atom stereocenters. The van der Waals surface area contributed by atoms with Gasteiger partial charge in [0.25, 0.3) is 0 Å². The standard InChI is InChI=1S/C9H16O2Si2/c1-3-10-13(2,11-12)9-7-5-4-6-8-9/h4-8H,3H2,1-2,12H3. The molecule has 0 aliphatic rings. The highest BCUT2D eigenvalue weighted by molar-refractivity contribution is 6.81. The van der Waals surface area contributed by atoms with Crippen LogP contribution < -0.4 is 5.19 Å². The first kappa shape index (κ1) is 10.7. The number of benzene rings is 1. The molecular weight excluding hydrogens is 196 g/mol. The van der Waals surface area contributed by atoms with Crippen LogP contribution in [0.3, 0.4) is 0 Å². The first-order valence-electron chi connectivity index (χ1n) is 4.47. The molecule has 0 amide bonds. The van der Waals surface area contributed by atoms with Crippen molar-refractivity contribution in [2.24, 2.45) is 0 Å². The Kier molecular flexibility index (Phi) is 3.86. The highest BCUT2D eigenvalue weighted by Gasteiger charge is 2.31. The second-order valence-electron chi connectivity index (χ2n) is 2.95. The van der Waals surface area contributed by atoms with E-state index in [1.807, 2.05) is 25.1 Å². The van der Waals surface area contributed by atoms with E-state index in [-0.39, 0.29) is 0 Å². The summed E-state index contributed by atoms with van der Waals surface area (Å²) in [6.07, 6.45) is 0. The molecule has 1 aromatic rings. The van der Waals surface area contributed by atoms with Crippen LogP contribution >= 0.6 is 0 Å². The fourth-order valence-electron chi connectivity index (χ4n) is 1.28. The van der Waals surface area contributed by atoms with E-state index in [2.05, 4.69) is 18.7 Å². The van der Waals surface area contributed by atoms with Gasteiger partial charge in [0.05, 0.1) is 0 Å². The molecule has 4 heteroatoms. The lowest BCUT2D eigenvalue weighted by Crippen LogP contribution is -2.50. The van der Waals surface area contributed by atoms with Crippen LogP contribution in [-0.2, 0) is 8.54 Å². The van der Waals surface area contributed by atoms with Crippen LogP contribution in [-0.4, -0.2) is 25.7 Å². The quantitative estimate of drug-likeness (QED) is 0.668. The van der Waals surface area contributed by atoms with E-state index in [0.717, 1.165) is 17.1 Å². The van der Waals surface area contributed by atoms with Crippen molar-refractivity contribution in [2.45, 2.75) is 13.5 Å². The van der Waals surface area contributed by atoms with Gasteiger partial charge >= 0.3 is 8.56 Å². The second kappa shape index (κ2) is 4.71. The molecule has 2 nitrogen and oxygen atoms in total. The van der Waals surface area contributed by atoms with Crippen LogP contribution in [0.2, 0.25) is 6.55 Å². The summed E-state index contributed by atoms with van der Waals surface area (Å²) in [4.78, 5) is 0. The SMILES string of the molecule is CCO[Si](C)(O[SiH3])c1ccccc1. The molecule has 72 valence electrons. The minimum Gasteiger partial charge on any atom is -0.441 e. The summed E-state index contributed by atoms with van der Waals surface area (Å²) in [5.41, 5.74) is 0. The molecule has 0 spiro atoms. The van der Waals surface area contributed by atoms with Crippen molar-refractivity contribution in [2.75, 3.05) is 6.61 Å². The fourth-order valence-corrected chi connectivity index (χ4v) is 4.21. The van der Waals surface area contributed by atoms with Crippen LogP contribution in [0.25, 0.3) is 0 Å². The Labute approximate surface area is 83.7 Å². The number of hydrogen-bond acceptors (Lipinski definition) is 2. The Bertz CT molecular complexity index is 253. The normalized spacial score (nSPS) is 15.5. The first-order chi connectivity index (χ1) is 6.23. The Morgan fingerprint density at radius 2 is 1.92 bits per heavy atom. The van der Waals surface area contributed by atoms with Crippen LogP contribution in [0, 0.1) is 0 Å². The van der Waals surface area contributed by atoms with E-state index in [1.165, 1.54) is 5.19 Å². The van der Waals surface area contributed by atoms with Crippen molar-refractivity contribution in [3.05, 3.63) is 30.3 Å². The molecule has 0 saturated heterocycles. The summed E-state index contributed by atoms with van der Waals surface area (Å²) in [5, 5.41) is 1.21. The molecule has 0 aromatic heterocycles. The van der Waals surface area contributed by atoms with Gasteiger partial charge in [-0.1, -0.05) is 30.3 Å². The summed E-state index contributed by atoms with van der Waals surface area (Å²) in [5.74, 6) is 0. The molecule has 1 atom stereocenters. The molecule has 1 aromatic carbocycles. The largest absolute Gasteiger partial charge is 0.441 e. The van der Waals surface area contributed by atoms with Gasteiger partial charge in [-0.2, -0.15) is 0 Å². The fraction of sp³-hybridized carbons (Fsp3) is 0.333. The molecule has 0 aliphatic heterocycles. The lowest BCUT2D eigenvalue weighted by molar-refractivity contribution is 0.277. The van der Waals surface area contributed by atoms with E-state index in [0.29, 0.717) is 0 Å². The van der Waals surface area contributed by atoms with Gasteiger partial charge in [0.15, 0.2) is 0 Å². The summed E-state index contributed by atoms with van der Waals surface area (Å²) in [6, 6.07) is 10.2. The maximum absolute atomic E-state index is 5.72. The monoisotopic (exact) mass is 212 g/mol. The van der Waals surface area contributed by atoms with E-state index >= 15 is 0 Å². The summed E-state index contributed by atoms with van der Waals surface area (Å²) in [7, 11) is -1.31. The third kappa shape index (κ3) is 2.51. The maximum Gasteiger partial charge on any atom is 0.358 e. The summed E-state index contributed by atoms with van der Waals surface area (Å²) in [6.45, 7) is 4.83. The maximum atomic E-state index is 5.72. The molecule has 0 bridgehead atoms. The Morgan fingerprint density at radius 3 is 2.38 bits per heavy atom. The topological polar surface area (TPSA) is 18.5 Å². The van der Waals surface area contributed by atoms with Crippen molar-refractivity contribution in [1.29, 1.82) is 0 Å². The van der Waals surface area contributed by atoms with Crippen molar-refractivity contribution in [3.63, 3.8) is 0 Å². The highest BCUT2D eigenvalue weighted by Crippen LogP contribution is 2.05. The van der Waals surface area contributed by atoms with Crippen molar-refractivity contribution in [3.8, 4) is 0 Å². The molecule has 0 heterocycles. The smallest absolute Gasteiger partial charge is 0.358 e. The Morgan fingerprint density at radius 1 is 1.31 bits per heavy atom. The predicted molar refractivity (Wildman–Crippen MR) is 60.3 cm³/mol. The molecular formula is C9H16O2Si2. The number of hydrogen-bond donors (Lipinski definition) is 0. The van der Waals surface area contributed by atoms with Gasteiger partial charge in [-0.05, 0) is 18.7 Å². The van der Waals surface area contributed by atoms with Gasteiger partial charge in [0.2, 0.25) is 0 Å². The van der Waals surface area contributed by atoms with E-state index in [9.17, 15) is 0 Å².